The first-order valence-electron chi connectivity index (χ1n) is 5.97. The van der Waals surface area contributed by atoms with Crippen molar-refractivity contribution in [1.29, 1.82) is 0 Å². The first kappa shape index (κ1) is 6.44. The van der Waals surface area contributed by atoms with Gasteiger partial charge < -0.3 is 4.74 Å². The zero-order valence-electron chi connectivity index (χ0n) is 8.12. The molecule has 0 radical (unpaired) electrons. The summed E-state index contributed by atoms with van der Waals surface area (Å²) in [5.74, 6) is 4.19. The zero-order valence-corrected chi connectivity index (χ0v) is 8.12. The van der Waals surface area contributed by atoms with E-state index in [1.807, 2.05) is 0 Å². The van der Waals surface area contributed by atoms with E-state index in [0.717, 1.165) is 29.8 Å². The van der Waals surface area contributed by atoms with Gasteiger partial charge >= 0.3 is 0 Å². The monoisotopic (exact) mass is 176 g/mol. The van der Waals surface area contributed by atoms with E-state index in [1.165, 1.54) is 25.7 Å². The molecule has 0 aromatic carbocycles. The van der Waals surface area contributed by atoms with Gasteiger partial charge in [-0.3, -0.25) is 0 Å². The van der Waals surface area contributed by atoms with Crippen LogP contribution in [-0.2, 0) is 4.74 Å². The van der Waals surface area contributed by atoms with Gasteiger partial charge in [-0.25, -0.2) is 0 Å². The normalized spacial score (nSPS) is 80.5. The van der Waals surface area contributed by atoms with Gasteiger partial charge in [0.25, 0.3) is 0 Å². The molecule has 6 bridgehead atoms. The molecule has 1 spiro atoms. The Hall–Kier alpha value is -0.0400. The topological polar surface area (TPSA) is 9.23 Å². The fourth-order valence-corrected chi connectivity index (χ4v) is 6.67. The highest BCUT2D eigenvalue weighted by Gasteiger charge is 2.89. The van der Waals surface area contributed by atoms with Crippen molar-refractivity contribution in [2.45, 2.75) is 44.3 Å². The van der Waals surface area contributed by atoms with Crippen molar-refractivity contribution in [1.82, 2.24) is 0 Å². The van der Waals surface area contributed by atoms with E-state index in [0.29, 0.717) is 11.0 Å². The average molecular weight is 176 g/mol. The van der Waals surface area contributed by atoms with Crippen molar-refractivity contribution in [3.63, 3.8) is 0 Å². The summed E-state index contributed by atoms with van der Waals surface area (Å²) >= 11 is 0. The summed E-state index contributed by atoms with van der Waals surface area (Å²) in [5, 5.41) is 0. The summed E-state index contributed by atoms with van der Waals surface area (Å²) in [4.78, 5) is 0. The van der Waals surface area contributed by atoms with Crippen LogP contribution < -0.4 is 0 Å². The SMILES string of the molecule is C[C@]12O[C@@H]3[C@@H]1[C@H]1C[C@@H]3[C@@]23CCC[C@H]13. The van der Waals surface area contributed by atoms with E-state index >= 15 is 0 Å². The summed E-state index contributed by atoms with van der Waals surface area (Å²) in [7, 11) is 0. The molecule has 1 nitrogen and oxygen atoms in total. The zero-order chi connectivity index (χ0) is 8.42. The van der Waals surface area contributed by atoms with E-state index in [2.05, 4.69) is 6.92 Å². The van der Waals surface area contributed by atoms with Crippen LogP contribution in [-0.4, -0.2) is 11.7 Å². The Kier molecular flexibility index (Phi) is 0.697. The Morgan fingerprint density at radius 1 is 1.31 bits per heavy atom. The number of rotatable bonds is 0. The molecule has 5 aliphatic carbocycles. The van der Waals surface area contributed by atoms with Crippen molar-refractivity contribution in [3.05, 3.63) is 0 Å². The van der Waals surface area contributed by atoms with E-state index in [-0.39, 0.29) is 0 Å². The van der Waals surface area contributed by atoms with Gasteiger partial charge in [0.1, 0.15) is 0 Å². The standard InChI is InChI=1S/C12H16O/c1-11-9-6-5-8(10(9)13-11)12(11)4-2-3-7(6)12/h6-10H,2-5H2,1H3/t6-,7+,8-,9-,10-,11-,12-/m0/s1. The fourth-order valence-electron chi connectivity index (χ4n) is 6.67. The van der Waals surface area contributed by atoms with E-state index in [9.17, 15) is 0 Å². The molecule has 6 aliphatic rings. The maximum absolute atomic E-state index is 6.18. The van der Waals surface area contributed by atoms with Crippen LogP contribution in [0.4, 0.5) is 0 Å². The van der Waals surface area contributed by atoms with Crippen LogP contribution in [0.5, 0.6) is 0 Å². The number of hydrogen-bond donors (Lipinski definition) is 0. The fraction of sp³-hybridized carbons (Fsp3) is 1.00. The van der Waals surface area contributed by atoms with Crippen molar-refractivity contribution in [3.8, 4) is 0 Å². The van der Waals surface area contributed by atoms with E-state index in [4.69, 9.17) is 4.74 Å². The highest BCUT2D eigenvalue weighted by Crippen LogP contribution is 2.87. The van der Waals surface area contributed by atoms with Gasteiger partial charge in [-0.15, -0.1) is 0 Å². The van der Waals surface area contributed by atoms with Crippen LogP contribution in [0.2, 0.25) is 0 Å². The molecule has 0 N–H and O–H groups in total. The average Bonchev–Trinajstić information content (AvgIpc) is 2.73. The van der Waals surface area contributed by atoms with Crippen LogP contribution in [0.1, 0.15) is 32.6 Å². The lowest BCUT2D eigenvalue weighted by atomic mass is 9.70. The smallest absolute Gasteiger partial charge is 0.0776 e. The predicted octanol–water partition coefficient (Wildman–Crippen LogP) is 2.21. The third kappa shape index (κ3) is 0.341. The molecule has 13 heavy (non-hydrogen) atoms. The Labute approximate surface area is 78.8 Å². The number of ether oxygens (including phenoxy) is 1. The molecule has 6 rings (SSSR count). The molecular formula is C12H16O. The highest BCUT2D eigenvalue weighted by molar-refractivity contribution is 5.37. The summed E-state index contributed by atoms with van der Waals surface area (Å²) in [6.07, 6.45) is 6.79. The molecular weight excluding hydrogens is 160 g/mol. The van der Waals surface area contributed by atoms with Gasteiger partial charge in [0, 0.05) is 11.3 Å². The van der Waals surface area contributed by atoms with Gasteiger partial charge in [0.15, 0.2) is 0 Å². The second-order valence-electron chi connectivity index (χ2n) is 6.26. The lowest BCUT2D eigenvalue weighted by Crippen LogP contribution is -2.52. The van der Waals surface area contributed by atoms with Crippen LogP contribution in [0.15, 0.2) is 0 Å². The molecule has 1 heterocycles. The van der Waals surface area contributed by atoms with Crippen molar-refractivity contribution in [2.75, 3.05) is 0 Å². The van der Waals surface area contributed by atoms with Gasteiger partial charge in [0.2, 0.25) is 0 Å². The maximum atomic E-state index is 6.18. The Balaban J connectivity index is 1.87. The molecule has 1 aliphatic heterocycles. The molecule has 6 fully saturated rings. The molecule has 0 unspecified atom stereocenters. The minimum absolute atomic E-state index is 0.367. The molecule has 5 saturated carbocycles. The third-order valence-corrected chi connectivity index (χ3v) is 6.62. The predicted molar refractivity (Wildman–Crippen MR) is 48.1 cm³/mol. The second-order valence-corrected chi connectivity index (χ2v) is 6.26. The number of hydrogen-bond acceptors (Lipinski definition) is 1. The largest absolute Gasteiger partial charge is 0.370 e. The first-order chi connectivity index (χ1) is 6.29. The quantitative estimate of drug-likeness (QED) is 0.550. The molecule has 7 atom stereocenters. The lowest BCUT2D eigenvalue weighted by Gasteiger charge is -2.46. The van der Waals surface area contributed by atoms with Gasteiger partial charge in [0.05, 0.1) is 11.7 Å². The van der Waals surface area contributed by atoms with Crippen LogP contribution >= 0.6 is 0 Å². The van der Waals surface area contributed by atoms with Crippen molar-refractivity contribution in [2.24, 2.45) is 29.1 Å². The molecule has 70 valence electrons. The third-order valence-electron chi connectivity index (χ3n) is 6.62. The van der Waals surface area contributed by atoms with Gasteiger partial charge in [-0.05, 0) is 43.9 Å². The van der Waals surface area contributed by atoms with Crippen molar-refractivity contribution >= 4 is 0 Å². The summed E-state index contributed by atoms with van der Waals surface area (Å²) in [6, 6.07) is 0. The Morgan fingerprint density at radius 2 is 2.23 bits per heavy atom. The van der Waals surface area contributed by atoms with E-state index < -0.39 is 0 Å². The molecule has 0 amide bonds. The second kappa shape index (κ2) is 1.41. The molecule has 0 aromatic heterocycles. The summed E-state index contributed by atoms with van der Waals surface area (Å²) in [6.45, 7) is 2.44. The van der Waals surface area contributed by atoms with E-state index in [1.54, 1.807) is 0 Å². The molecule has 1 saturated heterocycles. The van der Waals surface area contributed by atoms with Crippen LogP contribution in [0, 0.1) is 29.1 Å². The minimum atomic E-state index is 0.367. The molecule has 0 aromatic rings. The first-order valence-corrected chi connectivity index (χ1v) is 5.97. The van der Waals surface area contributed by atoms with Crippen molar-refractivity contribution < 1.29 is 4.74 Å². The van der Waals surface area contributed by atoms with Gasteiger partial charge in [-0.2, -0.15) is 0 Å². The summed E-state index contributed by atoms with van der Waals surface area (Å²) in [5.41, 5.74) is 1.07. The Morgan fingerprint density at radius 3 is 3.08 bits per heavy atom. The van der Waals surface area contributed by atoms with Gasteiger partial charge in [-0.1, -0.05) is 6.42 Å². The minimum Gasteiger partial charge on any atom is -0.370 e. The van der Waals surface area contributed by atoms with Crippen LogP contribution in [0.3, 0.4) is 0 Å². The highest BCUT2D eigenvalue weighted by atomic mass is 16.6. The van der Waals surface area contributed by atoms with Crippen LogP contribution in [0.25, 0.3) is 0 Å². The summed E-state index contributed by atoms with van der Waals surface area (Å²) < 4.78 is 6.18. The lowest BCUT2D eigenvalue weighted by molar-refractivity contribution is -0.209. The maximum Gasteiger partial charge on any atom is 0.0776 e. The Bertz CT molecular complexity index is 321. The molecule has 1 heteroatoms.